The highest BCUT2D eigenvalue weighted by atomic mass is 79.9. The maximum Gasteiger partial charge on any atom is 0.0174 e. The lowest BCUT2D eigenvalue weighted by Crippen LogP contribution is -2.32. The van der Waals surface area contributed by atoms with Gasteiger partial charge in [-0.15, -0.1) is 0 Å². The summed E-state index contributed by atoms with van der Waals surface area (Å²) >= 11 is 3.92. The van der Waals surface area contributed by atoms with Crippen molar-refractivity contribution in [2.45, 2.75) is 78.5 Å². The Morgan fingerprint density at radius 3 is 2.06 bits per heavy atom. The second-order valence-electron chi connectivity index (χ2n) is 8.25. The SMILES string of the molecule is CC(C)(C)CCC1CC(C(C)(C)C)CCC1Br. The van der Waals surface area contributed by atoms with Crippen LogP contribution in [-0.4, -0.2) is 4.83 Å². The van der Waals surface area contributed by atoms with E-state index >= 15 is 0 Å². The zero-order valence-electron chi connectivity index (χ0n) is 12.6. The Morgan fingerprint density at radius 2 is 1.59 bits per heavy atom. The number of hydrogen-bond donors (Lipinski definition) is 0. The molecule has 17 heavy (non-hydrogen) atoms. The maximum atomic E-state index is 3.92. The van der Waals surface area contributed by atoms with Crippen molar-refractivity contribution in [3.63, 3.8) is 0 Å². The highest BCUT2D eigenvalue weighted by Crippen LogP contribution is 2.44. The molecule has 0 saturated heterocycles. The zero-order valence-corrected chi connectivity index (χ0v) is 14.2. The van der Waals surface area contributed by atoms with Gasteiger partial charge in [0.05, 0.1) is 0 Å². The van der Waals surface area contributed by atoms with Crippen LogP contribution in [0.2, 0.25) is 0 Å². The van der Waals surface area contributed by atoms with Crippen molar-refractivity contribution in [1.82, 2.24) is 0 Å². The third-order valence-corrected chi connectivity index (χ3v) is 5.59. The van der Waals surface area contributed by atoms with Crippen LogP contribution in [-0.2, 0) is 0 Å². The summed E-state index contributed by atoms with van der Waals surface area (Å²) in [6.07, 6.45) is 6.96. The Bertz CT molecular complexity index is 231. The first-order valence-electron chi connectivity index (χ1n) is 7.24. The Hall–Kier alpha value is 0.480. The third-order valence-electron chi connectivity index (χ3n) is 4.38. The lowest BCUT2D eigenvalue weighted by molar-refractivity contribution is 0.136. The van der Waals surface area contributed by atoms with E-state index in [0.29, 0.717) is 10.8 Å². The van der Waals surface area contributed by atoms with Crippen molar-refractivity contribution < 1.29 is 0 Å². The van der Waals surface area contributed by atoms with E-state index in [0.717, 1.165) is 16.7 Å². The highest BCUT2D eigenvalue weighted by Gasteiger charge is 2.34. The van der Waals surface area contributed by atoms with Crippen LogP contribution in [0.3, 0.4) is 0 Å². The minimum Gasteiger partial charge on any atom is -0.0888 e. The van der Waals surface area contributed by atoms with Gasteiger partial charge >= 0.3 is 0 Å². The van der Waals surface area contributed by atoms with E-state index in [-0.39, 0.29) is 0 Å². The molecule has 1 aliphatic rings. The van der Waals surface area contributed by atoms with Crippen LogP contribution in [0.25, 0.3) is 0 Å². The minimum atomic E-state index is 0.487. The molecule has 102 valence electrons. The lowest BCUT2D eigenvalue weighted by Gasteiger charge is -2.41. The topological polar surface area (TPSA) is 0 Å². The molecule has 0 spiro atoms. The van der Waals surface area contributed by atoms with Gasteiger partial charge in [-0.25, -0.2) is 0 Å². The molecule has 0 aromatic heterocycles. The average Bonchev–Trinajstić information content (AvgIpc) is 2.13. The number of halogens is 1. The summed E-state index contributed by atoms with van der Waals surface area (Å²) in [6, 6.07) is 0. The summed E-state index contributed by atoms with van der Waals surface area (Å²) in [6.45, 7) is 14.3. The molecule has 3 atom stereocenters. The van der Waals surface area contributed by atoms with Gasteiger partial charge in [0.15, 0.2) is 0 Å². The summed E-state index contributed by atoms with van der Waals surface area (Å²) < 4.78 is 0. The van der Waals surface area contributed by atoms with Gasteiger partial charge in [-0.3, -0.25) is 0 Å². The molecule has 0 amide bonds. The number of hydrogen-bond acceptors (Lipinski definition) is 0. The van der Waals surface area contributed by atoms with Crippen molar-refractivity contribution >= 4 is 15.9 Å². The maximum absolute atomic E-state index is 3.92. The van der Waals surface area contributed by atoms with E-state index < -0.39 is 0 Å². The molecule has 1 saturated carbocycles. The molecule has 0 N–H and O–H groups in total. The van der Waals surface area contributed by atoms with Gasteiger partial charge in [-0.05, 0) is 54.8 Å². The molecule has 0 heterocycles. The fourth-order valence-electron chi connectivity index (χ4n) is 2.93. The molecule has 0 aromatic carbocycles. The van der Waals surface area contributed by atoms with Gasteiger partial charge in [-0.2, -0.15) is 0 Å². The van der Waals surface area contributed by atoms with Crippen LogP contribution >= 0.6 is 15.9 Å². The van der Waals surface area contributed by atoms with E-state index in [1.807, 2.05) is 0 Å². The van der Waals surface area contributed by atoms with Crippen LogP contribution in [0.4, 0.5) is 0 Å². The minimum absolute atomic E-state index is 0.487. The standard InChI is InChI=1S/C16H31Br/c1-15(2,3)10-9-12-11-13(16(4,5)6)7-8-14(12)17/h12-14H,7-11H2,1-6H3. The van der Waals surface area contributed by atoms with Gasteiger partial charge in [0, 0.05) is 4.83 Å². The van der Waals surface area contributed by atoms with E-state index in [2.05, 4.69) is 57.5 Å². The van der Waals surface area contributed by atoms with Crippen LogP contribution < -0.4 is 0 Å². The smallest absolute Gasteiger partial charge is 0.0174 e. The van der Waals surface area contributed by atoms with Crippen LogP contribution in [0.15, 0.2) is 0 Å². The summed E-state index contributed by atoms with van der Waals surface area (Å²) in [5.74, 6) is 1.81. The van der Waals surface area contributed by atoms with Gasteiger partial charge in [0.25, 0.3) is 0 Å². The number of rotatable bonds is 2. The van der Waals surface area contributed by atoms with Crippen molar-refractivity contribution in [2.75, 3.05) is 0 Å². The average molecular weight is 303 g/mol. The fourth-order valence-corrected chi connectivity index (χ4v) is 3.68. The third kappa shape index (κ3) is 5.32. The van der Waals surface area contributed by atoms with E-state index in [4.69, 9.17) is 0 Å². The van der Waals surface area contributed by atoms with E-state index in [1.54, 1.807) is 0 Å². The molecular formula is C16H31Br. The van der Waals surface area contributed by atoms with E-state index in [1.165, 1.54) is 32.1 Å². The van der Waals surface area contributed by atoms with Gasteiger partial charge in [0.1, 0.15) is 0 Å². The van der Waals surface area contributed by atoms with Gasteiger partial charge in [-0.1, -0.05) is 57.5 Å². The highest BCUT2D eigenvalue weighted by molar-refractivity contribution is 9.09. The van der Waals surface area contributed by atoms with Crippen molar-refractivity contribution in [2.24, 2.45) is 22.7 Å². The summed E-state index contributed by atoms with van der Waals surface area (Å²) in [7, 11) is 0. The van der Waals surface area contributed by atoms with Crippen LogP contribution in [0, 0.1) is 22.7 Å². The quantitative estimate of drug-likeness (QED) is 0.546. The normalized spacial score (nSPS) is 31.6. The van der Waals surface area contributed by atoms with Crippen molar-refractivity contribution in [3.05, 3.63) is 0 Å². The Kier molecular flexibility index (Phi) is 5.15. The van der Waals surface area contributed by atoms with Gasteiger partial charge < -0.3 is 0 Å². The molecule has 1 fully saturated rings. The molecule has 1 heteroatoms. The summed E-state index contributed by atoms with van der Waals surface area (Å²) in [4.78, 5) is 0.767. The van der Waals surface area contributed by atoms with Crippen LogP contribution in [0.1, 0.15) is 73.6 Å². The van der Waals surface area contributed by atoms with E-state index in [9.17, 15) is 0 Å². The van der Waals surface area contributed by atoms with Crippen molar-refractivity contribution in [1.29, 1.82) is 0 Å². The van der Waals surface area contributed by atoms with Crippen LogP contribution in [0.5, 0.6) is 0 Å². The second kappa shape index (κ2) is 5.63. The molecule has 0 bridgehead atoms. The Morgan fingerprint density at radius 1 is 1.00 bits per heavy atom. The summed E-state index contributed by atoms with van der Waals surface area (Å²) in [5, 5.41) is 0. The van der Waals surface area contributed by atoms with Gasteiger partial charge in [0.2, 0.25) is 0 Å². The first-order valence-corrected chi connectivity index (χ1v) is 8.15. The molecule has 0 radical (unpaired) electrons. The fraction of sp³-hybridized carbons (Fsp3) is 1.00. The lowest BCUT2D eigenvalue weighted by atomic mass is 9.67. The Balaban J connectivity index is 2.52. The summed E-state index contributed by atoms with van der Waals surface area (Å²) in [5.41, 5.74) is 0.981. The Labute approximate surface area is 117 Å². The molecule has 1 aliphatic carbocycles. The zero-order chi connectivity index (χ0) is 13.3. The first kappa shape index (κ1) is 15.5. The predicted molar refractivity (Wildman–Crippen MR) is 81.7 cm³/mol. The molecular weight excluding hydrogens is 272 g/mol. The monoisotopic (exact) mass is 302 g/mol. The molecule has 0 aliphatic heterocycles. The molecule has 0 aromatic rings. The first-order chi connectivity index (χ1) is 7.59. The predicted octanol–water partition coefficient (Wildman–Crippen LogP) is 6.04. The molecule has 1 rings (SSSR count). The number of alkyl halides is 1. The van der Waals surface area contributed by atoms with Crippen molar-refractivity contribution in [3.8, 4) is 0 Å². The second-order valence-corrected chi connectivity index (χ2v) is 9.43. The molecule has 0 nitrogen and oxygen atoms in total. The largest absolute Gasteiger partial charge is 0.0888 e. The molecule has 3 unspecified atom stereocenters.